The van der Waals surface area contributed by atoms with Crippen molar-refractivity contribution in [3.05, 3.63) is 35.4 Å². The molecule has 1 atom stereocenters. The highest BCUT2D eigenvalue weighted by molar-refractivity contribution is 5.21. The van der Waals surface area contributed by atoms with Gasteiger partial charge in [-0.25, -0.2) is 8.78 Å². The fourth-order valence-electron chi connectivity index (χ4n) is 1.24. The van der Waals surface area contributed by atoms with Gasteiger partial charge in [0.1, 0.15) is 11.6 Å². The maximum absolute atomic E-state index is 12.9. The van der Waals surface area contributed by atoms with Crippen LogP contribution in [0, 0.1) is 11.6 Å². The normalized spacial score (nSPS) is 12.8. The highest BCUT2D eigenvalue weighted by atomic mass is 19.1. The standard InChI is InChI=1S/C11H15F2NO2/c1-15-2-3-16-7-11(14)8-4-9(12)6-10(13)5-8/h4-6,11H,2-3,7,14H2,1H3. The Morgan fingerprint density at radius 1 is 1.19 bits per heavy atom. The summed E-state index contributed by atoms with van der Waals surface area (Å²) in [5, 5.41) is 0. The lowest BCUT2D eigenvalue weighted by Crippen LogP contribution is -2.19. The van der Waals surface area contributed by atoms with Crippen LogP contribution in [0.3, 0.4) is 0 Å². The predicted octanol–water partition coefficient (Wildman–Crippen LogP) is 1.63. The van der Waals surface area contributed by atoms with Crippen molar-refractivity contribution in [1.82, 2.24) is 0 Å². The molecule has 2 N–H and O–H groups in total. The summed E-state index contributed by atoms with van der Waals surface area (Å²) in [6, 6.07) is 2.67. The van der Waals surface area contributed by atoms with E-state index < -0.39 is 17.7 Å². The molecule has 0 aliphatic rings. The Balaban J connectivity index is 2.48. The Morgan fingerprint density at radius 3 is 2.38 bits per heavy atom. The molecule has 0 saturated heterocycles. The van der Waals surface area contributed by atoms with Crippen molar-refractivity contribution in [3.8, 4) is 0 Å². The Hall–Kier alpha value is -1.04. The van der Waals surface area contributed by atoms with E-state index in [4.69, 9.17) is 15.2 Å². The Morgan fingerprint density at radius 2 is 1.81 bits per heavy atom. The monoisotopic (exact) mass is 231 g/mol. The van der Waals surface area contributed by atoms with E-state index in [1.165, 1.54) is 12.1 Å². The van der Waals surface area contributed by atoms with Crippen LogP contribution in [0.25, 0.3) is 0 Å². The lowest BCUT2D eigenvalue weighted by Gasteiger charge is -2.12. The molecule has 0 amide bonds. The van der Waals surface area contributed by atoms with Gasteiger partial charge in [-0.05, 0) is 17.7 Å². The lowest BCUT2D eigenvalue weighted by molar-refractivity contribution is 0.0635. The molecule has 0 fully saturated rings. The van der Waals surface area contributed by atoms with Crippen molar-refractivity contribution in [1.29, 1.82) is 0 Å². The quantitative estimate of drug-likeness (QED) is 0.757. The smallest absolute Gasteiger partial charge is 0.126 e. The van der Waals surface area contributed by atoms with E-state index in [2.05, 4.69) is 0 Å². The van der Waals surface area contributed by atoms with Crippen LogP contribution in [-0.2, 0) is 9.47 Å². The van der Waals surface area contributed by atoms with Gasteiger partial charge < -0.3 is 15.2 Å². The topological polar surface area (TPSA) is 44.5 Å². The molecule has 5 heteroatoms. The molecule has 90 valence electrons. The molecule has 1 aromatic carbocycles. The van der Waals surface area contributed by atoms with Gasteiger partial charge in [-0.2, -0.15) is 0 Å². The van der Waals surface area contributed by atoms with Crippen molar-refractivity contribution >= 4 is 0 Å². The summed E-state index contributed by atoms with van der Waals surface area (Å²) in [5.41, 5.74) is 6.10. The highest BCUT2D eigenvalue weighted by Crippen LogP contribution is 2.14. The first-order valence-electron chi connectivity index (χ1n) is 4.91. The van der Waals surface area contributed by atoms with Gasteiger partial charge in [-0.1, -0.05) is 0 Å². The second-order valence-corrected chi connectivity index (χ2v) is 3.38. The molecule has 0 radical (unpaired) electrons. The molecule has 0 aromatic heterocycles. The lowest BCUT2D eigenvalue weighted by atomic mass is 10.1. The first-order valence-corrected chi connectivity index (χ1v) is 4.91. The fourth-order valence-corrected chi connectivity index (χ4v) is 1.24. The molecule has 1 rings (SSSR count). The van der Waals surface area contributed by atoms with Crippen LogP contribution in [0.5, 0.6) is 0 Å². The van der Waals surface area contributed by atoms with Gasteiger partial charge in [0.05, 0.1) is 25.9 Å². The number of hydrogen-bond donors (Lipinski definition) is 1. The summed E-state index contributed by atoms with van der Waals surface area (Å²) < 4.78 is 35.7. The summed E-state index contributed by atoms with van der Waals surface area (Å²) in [5.74, 6) is -1.27. The molecule has 1 aromatic rings. The Kier molecular flexibility index (Phi) is 5.31. The Labute approximate surface area is 93.2 Å². The molecule has 1 unspecified atom stereocenters. The van der Waals surface area contributed by atoms with E-state index in [0.717, 1.165) is 6.07 Å². The molecular weight excluding hydrogens is 216 g/mol. The van der Waals surface area contributed by atoms with E-state index in [1.54, 1.807) is 7.11 Å². The number of rotatable bonds is 6. The minimum absolute atomic E-state index is 0.201. The zero-order chi connectivity index (χ0) is 12.0. The molecule has 0 spiro atoms. The van der Waals surface area contributed by atoms with Gasteiger partial charge in [0, 0.05) is 13.2 Å². The molecule has 0 heterocycles. The third kappa shape index (κ3) is 4.22. The summed E-state index contributed by atoms with van der Waals surface area (Å²) in [6.07, 6.45) is 0. The third-order valence-corrected chi connectivity index (χ3v) is 2.04. The van der Waals surface area contributed by atoms with Crippen LogP contribution in [-0.4, -0.2) is 26.9 Å². The molecule has 0 saturated carbocycles. The summed E-state index contributed by atoms with van der Waals surface area (Å²) in [4.78, 5) is 0. The first kappa shape index (κ1) is 13.0. The van der Waals surface area contributed by atoms with Crippen LogP contribution in [0.4, 0.5) is 8.78 Å². The number of halogens is 2. The summed E-state index contributed by atoms with van der Waals surface area (Å²) >= 11 is 0. The summed E-state index contributed by atoms with van der Waals surface area (Å²) in [7, 11) is 1.56. The summed E-state index contributed by atoms with van der Waals surface area (Å²) in [6.45, 7) is 1.07. The largest absolute Gasteiger partial charge is 0.382 e. The average molecular weight is 231 g/mol. The fraction of sp³-hybridized carbons (Fsp3) is 0.455. The van der Waals surface area contributed by atoms with E-state index in [-0.39, 0.29) is 6.61 Å². The van der Waals surface area contributed by atoms with Gasteiger partial charge in [0.15, 0.2) is 0 Å². The number of hydrogen-bond acceptors (Lipinski definition) is 3. The van der Waals surface area contributed by atoms with E-state index in [0.29, 0.717) is 18.8 Å². The molecule has 3 nitrogen and oxygen atoms in total. The highest BCUT2D eigenvalue weighted by Gasteiger charge is 2.09. The average Bonchev–Trinajstić information content (AvgIpc) is 2.22. The van der Waals surface area contributed by atoms with Gasteiger partial charge >= 0.3 is 0 Å². The SMILES string of the molecule is COCCOCC(N)c1cc(F)cc(F)c1. The van der Waals surface area contributed by atoms with Crippen LogP contribution < -0.4 is 5.73 Å². The second kappa shape index (κ2) is 6.52. The molecule has 16 heavy (non-hydrogen) atoms. The third-order valence-electron chi connectivity index (χ3n) is 2.04. The number of benzene rings is 1. The first-order chi connectivity index (χ1) is 7.63. The predicted molar refractivity (Wildman–Crippen MR) is 56.0 cm³/mol. The zero-order valence-corrected chi connectivity index (χ0v) is 9.08. The van der Waals surface area contributed by atoms with Gasteiger partial charge in [0.2, 0.25) is 0 Å². The van der Waals surface area contributed by atoms with E-state index in [1.807, 2.05) is 0 Å². The van der Waals surface area contributed by atoms with Gasteiger partial charge in [-0.15, -0.1) is 0 Å². The van der Waals surface area contributed by atoms with Crippen molar-refractivity contribution in [2.75, 3.05) is 26.9 Å². The molecule has 0 aliphatic carbocycles. The maximum atomic E-state index is 12.9. The van der Waals surface area contributed by atoms with Crippen LogP contribution >= 0.6 is 0 Å². The number of ether oxygens (including phenoxy) is 2. The van der Waals surface area contributed by atoms with E-state index >= 15 is 0 Å². The molecular formula is C11H15F2NO2. The van der Waals surface area contributed by atoms with Gasteiger partial charge in [0.25, 0.3) is 0 Å². The number of methoxy groups -OCH3 is 1. The van der Waals surface area contributed by atoms with Crippen molar-refractivity contribution in [3.63, 3.8) is 0 Å². The minimum Gasteiger partial charge on any atom is -0.382 e. The van der Waals surface area contributed by atoms with Crippen molar-refractivity contribution < 1.29 is 18.3 Å². The second-order valence-electron chi connectivity index (χ2n) is 3.38. The molecule has 0 bridgehead atoms. The molecule has 0 aliphatic heterocycles. The van der Waals surface area contributed by atoms with E-state index in [9.17, 15) is 8.78 Å². The van der Waals surface area contributed by atoms with Crippen molar-refractivity contribution in [2.24, 2.45) is 5.73 Å². The van der Waals surface area contributed by atoms with Crippen molar-refractivity contribution in [2.45, 2.75) is 6.04 Å². The van der Waals surface area contributed by atoms with Crippen LogP contribution in [0.1, 0.15) is 11.6 Å². The number of nitrogens with two attached hydrogens (primary N) is 1. The van der Waals surface area contributed by atoms with Gasteiger partial charge in [-0.3, -0.25) is 0 Å². The Bertz CT molecular complexity index is 314. The maximum Gasteiger partial charge on any atom is 0.126 e. The minimum atomic E-state index is -0.637. The zero-order valence-electron chi connectivity index (χ0n) is 9.08. The van der Waals surface area contributed by atoms with Crippen LogP contribution in [0.15, 0.2) is 18.2 Å². The van der Waals surface area contributed by atoms with Crippen LogP contribution in [0.2, 0.25) is 0 Å².